The Morgan fingerprint density at radius 2 is 2.00 bits per heavy atom. The average Bonchev–Trinajstić information content (AvgIpc) is 2.91. The van der Waals surface area contributed by atoms with Crippen LogP contribution in [0.2, 0.25) is 0 Å². The van der Waals surface area contributed by atoms with Crippen LogP contribution in [0.5, 0.6) is 5.75 Å². The monoisotopic (exact) mass is 311 g/mol. The molecule has 0 saturated heterocycles. The number of fused-ring (bicyclic) bond motifs is 1. The lowest BCUT2D eigenvalue weighted by Crippen LogP contribution is -2.01. The molecule has 0 bridgehead atoms. The van der Waals surface area contributed by atoms with Crippen molar-refractivity contribution in [3.8, 4) is 5.75 Å². The molecule has 0 atom stereocenters. The largest absolute Gasteiger partial charge is 0.427 e. The first-order valence-electron chi connectivity index (χ1n) is 6.64. The van der Waals surface area contributed by atoms with E-state index in [1.165, 1.54) is 6.92 Å². The topological polar surface area (TPSA) is 63.6 Å². The number of rotatable bonds is 4. The van der Waals surface area contributed by atoms with Gasteiger partial charge in [-0.2, -0.15) is 5.10 Å². The number of benzene rings is 2. The first-order chi connectivity index (χ1) is 10.7. The van der Waals surface area contributed by atoms with Crippen molar-refractivity contribution in [1.29, 1.82) is 0 Å². The minimum atomic E-state index is -0.334. The van der Waals surface area contributed by atoms with Crippen molar-refractivity contribution in [1.82, 2.24) is 4.98 Å². The van der Waals surface area contributed by atoms with Gasteiger partial charge in [-0.05, 0) is 42.0 Å². The number of aromatic nitrogens is 1. The molecular weight excluding hydrogens is 298 g/mol. The van der Waals surface area contributed by atoms with Gasteiger partial charge in [0.2, 0.25) is 5.13 Å². The fraction of sp³-hybridized carbons (Fsp3) is 0.0625. The second-order valence-electron chi connectivity index (χ2n) is 4.52. The highest BCUT2D eigenvalue weighted by molar-refractivity contribution is 7.22. The molecule has 6 heteroatoms. The third kappa shape index (κ3) is 3.48. The molecule has 0 unspecified atom stereocenters. The number of anilines is 1. The molecule has 0 spiro atoms. The van der Waals surface area contributed by atoms with Crippen molar-refractivity contribution in [2.24, 2.45) is 5.10 Å². The van der Waals surface area contributed by atoms with E-state index in [4.69, 9.17) is 4.74 Å². The van der Waals surface area contributed by atoms with Gasteiger partial charge in [0.1, 0.15) is 5.75 Å². The van der Waals surface area contributed by atoms with Gasteiger partial charge in [-0.25, -0.2) is 4.98 Å². The Morgan fingerprint density at radius 1 is 1.23 bits per heavy atom. The fourth-order valence-electron chi connectivity index (χ4n) is 1.87. The minimum Gasteiger partial charge on any atom is -0.427 e. The Balaban J connectivity index is 1.65. The highest BCUT2D eigenvalue weighted by Crippen LogP contribution is 2.25. The summed E-state index contributed by atoms with van der Waals surface area (Å²) < 4.78 is 6.09. The number of para-hydroxylation sites is 1. The van der Waals surface area contributed by atoms with Crippen LogP contribution in [-0.2, 0) is 4.79 Å². The van der Waals surface area contributed by atoms with E-state index >= 15 is 0 Å². The van der Waals surface area contributed by atoms with Crippen molar-refractivity contribution < 1.29 is 9.53 Å². The molecule has 22 heavy (non-hydrogen) atoms. The second-order valence-corrected chi connectivity index (χ2v) is 5.55. The summed E-state index contributed by atoms with van der Waals surface area (Å²) in [5.41, 5.74) is 4.77. The van der Waals surface area contributed by atoms with Gasteiger partial charge in [0.15, 0.2) is 0 Å². The Labute approximate surface area is 131 Å². The summed E-state index contributed by atoms with van der Waals surface area (Å²) in [6.07, 6.45) is 1.68. The molecule has 0 saturated carbocycles. The number of hydrazone groups is 1. The molecule has 0 aliphatic rings. The van der Waals surface area contributed by atoms with Gasteiger partial charge < -0.3 is 4.74 Å². The Kier molecular flexibility index (Phi) is 4.11. The maximum atomic E-state index is 10.8. The van der Waals surface area contributed by atoms with Crippen molar-refractivity contribution >= 4 is 38.9 Å². The molecular formula is C16H13N3O2S. The molecule has 5 nitrogen and oxygen atoms in total. The maximum absolute atomic E-state index is 10.8. The van der Waals surface area contributed by atoms with E-state index in [2.05, 4.69) is 15.5 Å². The first kappa shape index (κ1) is 14.2. The molecule has 1 N–H and O–H groups in total. The number of hydrogen-bond acceptors (Lipinski definition) is 6. The molecule has 2 aromatic carbocycles. The maximum Gasteiger partial charge on any atom is 0.308 e. The summed E-state index contributed by atoms with van der Waals surface area (Å²) in [4.78, 5) is 15.3. The number of hydrogen-bond donors (Lipinski definition) is 1. The van der Waals surface area contributed by atoms with E-state index in [0.717, 1.165) is 20.9 Å². The lowest BCUT2D eigenvalue weighted by atomic mass is 10.2. The summed E-state index contributed by atoms with van der Waals surface area (Å²) in [6, 6.07) is 15.0. The number of carbonyl (C=O) groups is 1. The lowest BCUT2D eigenvalue weighted by Gasteiger charge is -2.00. The Morgan fingerprint density at radius 3 is 2.73 bits per heavy atom. The number of thiazole rings is 1. The Hall–Kier alpha value is -2.73. The smallest absolute Gasteiger partial charge is 0.308 e. The van der Waals surface area contributed by atoms with Crippen molar-refractivity contribution in [2.75, 3.05) is 5.43 Å². The highest BCUT2D eigenvalue weighted by atomic mass is 32.1. The predicted octanol–water partition coefficient (Wildman–Crippen LogP) is 3.67. The van der Waals surface area contributed by atoms with E-state index < -0.39 is 0 Å². The van der Waals surface area contributed by atoms with Crippen LogP contribution in [0.4, 0.5) is 5.13 Å². The van der Waals surface area contributed by atoms with Crippen LogP contribution in [0.15, 0.2) is 53.6 Å². The fourth-order valence-corrected chi connectivity index (χ4v) is 2.69. The van der Waals surface area contributed by atoms with Gasteiger partial charge in [-0.15, -0.1) is 0 Å². The molecule has 0 radical (unpaired) electrons. The van der Waals surface area contributed by atoms with E-state index in [1.807, 2.05) is 36.4 Å². The quantitative estimate of drug-likeness (QED) is 0.345. The molecule has 3 rings (SSSR count). The number of nitrogens with zero attached hydrogens (tertiary/aromatic N) is 2. The summed E-state index contributed by atoms with van der Waals surface area (Å²) >= 11 is 1.55. The van der Waals surface area contributed by atoms with Crippen LogP contribution >= 0.6 is 11.3 Å². The second kappa shape index (κ2) is 6.36. The van der Waals surface area contributed by atoms with Gasteiger partial charge in [-0.1, -0.05) is 23.5 Å². The first-order valence-corrected chi connectivity index (χ1v) is 7.45. The van der Waals surface area contributed by atoms with Crippen LogP contribution in [-0.4, -0.2) is 17.2 Å². The molecule has 0 aliphatic heterocycles. The van der Waals surface area contributed by atoms with E-state index in [-0.39, 0.29) is 5.97 Å². The van der Waals surface area contributed by atoms with Gasteiger partial charge in [-0.3, -0.25) is 10.2 Å². The van der Waals surface area contributed by atoms with Gasteiger partial charge in [0.05, 0.1) is 16.4 Å². The molecule has 1 heterocycles. The van der Waals surface area contributed by atoms with E-state index in [9.17, 15) is 4.79 Å². The van der Waals surface area contributed by atoms with Crippen molar-refractivity contribution in [2.45, 2.75) is 6.92 Å². The van der Waals surface area contributed by atoms with E-state index in [1.54, 1.807) is 29.7 Å². The zero-order chi connectivity index (χ0) is 15.4. The zero-order valence-corrected chi connectivity index (χ0v) is 12.6. The molecule has 110 valence electrons. The number of carbonyl (C=O) groups excluding carboxylic acids is 1. The molecule has 0 amide bonds. The third-order valence-corrected chi connectivity index (χ3v) is 3.75. The Bertz CT molecular complexity index is 792. The molecule has 3 aromatic rings. The number of esters is 1. The van der Waals surface area contributed by atoms with Crippen LogP contribution in [0.25, 0.3) is 10.2 Å². The summed E-state index contributed by atoms with van der Waals surface area (Å²) in [6.45, 7) is 1.37. The molecule has 0 fully saturated rings. The van der Waals surface area contributed by atoms with Gasteiger partial charge in [0.25, 0.3) is 0 Å². The average molecular weight is 311 g/mol. The SMILES string of the molecule is CC(=O)Oc1ccc(/C=N\Nc2nc3ccccc3s2)cc1. The van der Waals surface area contributed by atoms with Crippen LogP contribution in [0, 0.1) is 0 Å². The van der Waals surface area contributed by atoms with Crippen molar-refractivity contribution in [3.63, 3.8) is 0 Å². The molecule has 1 aromatic heterocycles. The normalized spacial score (nSPS) is 11.0. The summed E-state index contributed by atoms with van der Waals surface area (Å²) in [5, 5.41) is 4.91. The predicted molar refractivity (Wildman–Crippen MR) is 88.6 cm³/mol. The highest BCUT2D eigenvalue weighted by Gasteiger charge is 2.01. The lowest BCUT2D eigenvalue weighted by molar-refractivity contribution is -0.131. The van der Waals surface area contributed by atoms with Gasteiger partial charge >= 0.3 is 5.97 Å². The van der Waals surface area contributed by atoms with E-state index in [0.29, 0.717) is 5.75 Å². The minimum absolute atomic E-state index is 0.334. The van der Waals surface area contributed by atoms with Crippen LogP contribution in [0.1, 0.15) is 12.5 Å². The van der Waals surface area contributed by atoms with Crippen LogP contribution in [0.3, 0.4) is 0 Å². The summed E-state index contributed by atoms with van der Waals surface area (Å²) in [7, 11) is 0. The number of ether oxygens (including phenoxy) is 1. The third-order valence-electron chi connectivity index (χ3n) is 2.81. The summed E-state index contributed by atoms with van der Waals surface area (Å²) in [5.74, 6) is 0.183. The van der Waals surface area contributed by atoms with Crippen LogP contribution < -0.4 is 10.2 Å². The number of nitrogens with one attached hydrogen (secondary N) is 1. The van der Waals surface area contributed by atoms with Gasteiger partial charge in [0, 0.05) is 6.92 Å². The zero-order valence-electron chi connectivity index (χ0n) is 11.8. The molecule has 0 aliphatic carbocycles. The standard InChI is InChI=1S/C16H13N3O2S/c1-11(20)21-13-8-6-12(7-9-13)10-17-19-16-18-14-4-2-3-5-15(14)22-16/h2-10H,1H3,(H,18,19)/b17-10-. The van der Waals surface area contributed by atoms with Crippen molar-refractivity contribution in [3.05, 3.63) is 54.1 Å².